The number of carbonyl (C=O) groups is 2. The van der Waals surface area contributed by atoms with E-state index in [2.05, 4.69) is 0 Å². The van der Waals surface area contributed by atoms with Gasteiger partial charge in [-0.1, -0.05) is 18.2 Å². The van der Waals surface area contributed by atoms with E-state index in [9.17, 15) is 18.0 Å². The van der Waals surface area contributed by atoms with Gasteiger partial charge in [-0.3, -0.25) is 4.55 Å². The maximum absolute atomic E-state index is 10.8. The molecule has 0 atom stereocenters. The van der Waals surface area contributed by atoms with Crippen LogP contribution in [0.3, 0.4) is 0 Å². The molecule has 0 saturated heterocycles. The maximum atomic E-state index is 10.8. The minimum Gasteiger partial charge on any atom is -0.478 e. The number of hydrogen-bond donors (Lipinski definition) is 9. The van der Waals surface area contributed by atoms with Crippen LogP contribution in [0.5, 0.6) is 0 Å². The number of rotatable bonds is 3. The molecule has 3 aromatic carbocycles. The van der Waals surface area contributed by atoms with Crippen LogP contribution in [0.4, 0.5) is 34.1 Å². The SMILES string of the molecule is Nc1cc(S(=O)(=O)O)c(N)c(N)c1N.Nc1cccc(C(=O)O)c1.Nc1ccccc1C(=O)O. The minimum absolute atomic E-state index is 0.00472. The number of anilines is 6. The third-order valence-corrected chi connectivity index (χ3v) is 4.94. The van der Waals surface area contributed by atoms with Crippen molar-refractivity contribution in [3.05, 3.63) is 65.7 Å². The van der Waals surface area contributed by atoms with Gasteiger partial charge in [0.2, 0.25) is 0 Å². The van der Waals surface area contributed by atoms with E-state index < -0.39 is 27.0 Å². The molecule has 3 rings (SSSR count). The van der Waals surface area contributed by atoms with Crippen molar-refractivity contribution < 1.29 is 32.8 Å². The Morgan fingerprint density at radius 3 is 1.68 bits per heavy atom. The van der Waals surface area contributed by atoms with Crippen LogP contribution in [-0.4, -0.2) is 35.1 Å². The van der Waals surface area contributed by atoms with E-state index in [4.69, 9.17) is 49.2 Å². The highest BCUT2D eigenvalue weighted by atomic mass is 32.2. The molecule has 0 fully saturated rings. The van der Waals surface area contributed by atoms with E-state index in [1.165, 1.54) is 18.2 Å². The van der Waals surface area contributed by atoms with Gasteiger partial charge in [0.15, 0.2) is 0 Å². The van der Waals surface area contributed by atoms with Crippen LogP contribution in [0, 0.1) is 0 Å². The largest absolute Gasteiger partial charge is 0.478 e. The van der Waals surface area contributed by atoms with E-state index in [1.54, 1.807) is 30.3 Å². The Morgan fingerprint density at radius 1 is 0.676 bits per heavy atom. The summed E-state index contributed by atoms with van der Waals surface area (Å²) in [6.45, 7) is 0. The van der Waals surface area contributed by atoms with Crippen LogP contribution in [0.2, 0.25) is 0 Å². The topological polar surface area (TPSA) is 285 Å². The van der Waals surface area contributed by atoms with Crippen LogP contribution in [0.1, 0.15) is 20.7 Å². The van der Waals surface area contributed by atoms with E-state index >= 15 is 0 Å². The molecule has 0 unspecified atom stereocenters. The summed E-state index contributed by atoms with van der Waals surface area (Å²) in [6.07, 6.45) is 0. The molecule has 34 heavy (non-hydrogen) atoms. The van der Waals surface area contributed by atoms with Crippen molar-refractivity contribution in [2.24, 2.45) is 0 Å². The Bertz CT molecular complexity index is 1310. The first-order valence-corrected chi connectivity index (χ1v) is 10.5. The molecular weight excluding hydrogens is 468 g/mol. The quantitative estimate of drug-likeness (QED) is 0.183. The summed E-state index contributed by atoms with van der Waals surface area (Å²) in [4.78, 5) is 20.1. The molecule has 14 heteroatoms. The number of carboxylic acid groups (broad SMARTS) is 2. The zero-order valence-electron chi connectivity index (χ0n) is 17.5. The summed E-state index contributed by atoms with van der Waals surface area (Å²) in [5.41, 5.74) is 32.8. The minimum atomic E-state index is -4.44. The highest BCUT2D eigenvalue weighted by molar-refractivity contribution is 7.86. The van der Waals surface area contributed by atoms with E-state index in [0.717, 1.165) is 6.07 Å². The third kappa shape index (κ3) is 7.47. The van der Waals surface area contributed by atoms with Crippen molar-refractivity contribution in [2.75, 3.05) is 34.4 Å². The van der Waals surface area contributed by atoms with Gasteiger partial charge in [-0.25, -0.2) is 9.59 Å². The fourth-order valence-electron chi connectivity index (χ4n) is 2.31. The molecule has 0 spiro atoms. The fourth-order valence-corrected chi connectivity index (χ4v) is 2.97. The monoisotopic (exact) mass is 492 g/mol. The van der Waals surface area contributed by atoms with Crippen LogP contribution in [0.15, 0.2) is 59.5 Å². The Labute approximate surface area is 194 Å². The second-order valence-electron chi connectivity index (χ2n) is 6.50. The highest BCUT2D eigenvalue weighted by Crippen LogP contribution is 2.34. The molecule has 0 radical (unpaired) electrons. The molecule has 0 heterocycles. The third-order valence-electron chi connectivity index (χ3n) is 4.05. The second kappa shape index (κ2) is 11.3. The molecule has 13 nitrogen and oxygen atoms in total. The normalized spacial score (nSPS) is 10.1. The molecule has 0 aliphatic heterocycles. The molecule has 0 aliphatic rings. The van der Waals surface area contributed by atoms with E-state index in [1.807, 2.05) is 0 Å². The van der Waals surface area contributed by atoms with Gasteiger partial charge in [0.25, 0.3) is 10.1 Å². The van der Waals surface area contributed by atoms with Gasteiger partial charge in [-0.05, 0) is 36.4 Å². The van der Waals surface area contributed by atoms with Crippen LogP contribution in [-0.2, 0) is 10.1 Å². The smallest absolute Gasteiger partial charge is 0.337 e. The van der Waals surface area contributed by atoms with Crippen LogP contribution >= 0.6 is 0 Å². The van der Waals surface area contributed by atoms with Crippen molar-refractivity contribution in [2.45, 2.75) is 4.90 Å². The second-order valence-corrected chi connectivity index (χ2v) is 7.89. The van der Waals surface area contributed by atoms with Crippen molar-refractivity contribution in [1.29, 1.82) is 0 Å². The van der Waals surface area contributed by atoms with Crippen LogP contribution < -0.4 is 34.4 Å². The predicted molar refractivity (Wildman–Crippen MR) is 130 cm³/mol. The molecule has 0 amide bonds. The van der Waals surface area contributed by atoms with Crippen molar-refractivity contribution in [3.63, 3.8) is 0 Å². The summed E-state index contributed by atoms with van der Waals surface area (Å²) >= 11 is 0. The molecule has 0 aromatic heterocycles. The first-order chi connectivity index (χ1) is 15.7. The van der Waals surface area contributed by atoms with E-state index in [-0.39, 0.29) is 33.9 Å². The average Bonchev–Trinajstić information content (AvgIpc) is 2.75. The zero-order valence-corrected chi connectivity index (χ0v) is 18.4. The van der Waals surface area contributed by atoms with Gasteiger partial charge in [0.05, 0.1) is 33.9 Å². The lowest BCUT2D eigenvalue weighted by Crippen LogP contribution is -2.10. The number of nitrogen functional groups attached to an aromatic ring is 6. The molecule has 182 valence electrons. The molecule has 0 aliphatic carbocycles. The van der Waals surface area contributed by atoms with Crippen molar-refractivity contribution in [1.82, 2.24) is 0 Å². The Kier molecular flexibility index (Phi) is 9.05. The summed E-state index contributed by atoms with van der Waals surface area (Å²) in [6, 6.07) is 13.5. The first-order valence-electron chi connectivity index (χ1n) is 9.03. The molecular formula is C20H24N6O7S. The summed E-state index contributed by atoms with van der Waals surface area (Å²) in [7, 11) is -4.44. The highest BCUT2D eigenvalue weighted by Gasteiger charge is 2.19. The Balaban J connectivity index is 0.000000261. The molecule has 0 saturated carbocycles. The lowest BCUT2D eigenvalue weighted by Gasteiger charge is -2.10. The van der Waals surface area contributed by atoms with Gasteiger partial charge in [-0.2, -0.15) is 8.42 Å². The predicted octanol–water partition coefficient (Wildman–Crippen LogP) is 1.20. The van der Waals surface area contributed by atoms with Crippen molar-refractivity contribution >= 4 is 56.2 Å². The van der Waals surface area contributed by atoms with Gasteiger partial charge >= 0.3 is 11.9 Å². The fraction of sp³-hybridized carbons (Fsp3) is 0. The number of carboxylic acids is 2. The lowest BCUT2D eigenvalue weighted by molar-refractivity contribution is 0.0686. The number of nitrogens with two attached hydrogens (primary N) is 6. The van der Waals surface area contributed by atoms with Gasteiger partial charge in [0, 0.05) is 11.4 Å². The number of hydrogen-bond acceptors (Lipinski definition) is 10. The molecule has 3 aromatic rings. The number of para-hydroxylation sites is 1. The molecule has 15 N–H and O–H groups in total. The standard InChI is InChI=1S/2C7H7NO2.C6H10N4O3S/c8-6-3-1-2-5(4-6)7(9)10;8-6-4-2-1-3-5(6)7(9)10;7-2-1-3(14(11,12)13)5(9)6(10)4(2)8/h2*1-4H,8H2,(H,9,10);1H,7-10H2,(H,11,12,13). The number of benzene rings is 3. The van der Waals surface area contributed by atoms with Gasteiger partial charge in [-0.15, -0.1) is 0 Å². The van der Waals surface area contributed by atoms with Crippen molar-refractivity contribution in [3.8, 4) is 0 Å². The van der Waals surface area contributed by atoms with Crippen LogP contribution in [0.25, 0.3) is 0 Å². The van der Waals surface area contributed by atoms with Gasteiger partial charge in [0.1, 0.15) is 4.90 Å². The first kappa shape index (κ1) is 27.3. The lowest BCUT2D eigenvalue weighted by atomic mass is 10.2. The maximum Gasteiger partial charge on any atom is 0.337 e. The summed E-state index contributed by atoms with van der Waals surface area (Å²) in [5, 5.41) is 16.9. The van der Waals surface area contributed by atoms with E-state index in [0.29, 0.717) is 11.4 Å². The Morgan fingerprint density at radius 2 is 1.26 bits per heavy atom. The molecule has 0 bridgehead atoms. The summed E-state index contributed by atoms with van der Waals surface area (Å²) < 4.78 is 30.3. The van der Waals surface area contributed by atoms with Gasteiger partial charge < -0.3 is 44.6 Å². The Hall–Kier alpha value is -4.69. The summed E-state index contributed by atoms with van der Waals surface area (Å²) in [5.74, 6) is -1.94. The zero-order chi connectivity index (χ0) is 26.2. The average molecular weight is 493 g/mol. The number of aromatic carboxylic acids is 2.